The summed E-state index contributed by atoms with van der Waals surface area (Å²) in [7, 11) is 1.75. The molecule has 2 aromatic heterocycles. The Kier molecular flexibility index (Phi) is 2.56. The molecule has 8 heteroatoms. The van der Waals surface area contributed by atoms with E-state index in [1.807, 2.05) is 0 Å². The summed E-state index contributed by atoms with van der Waals surface area (Å²) in [6.07, 6.45) is 1.37. The Labute approximate surface area is 113 Å². The van der Waals surface area contributed by atoms with Crippen molar-refractivity contribution >= 4 is 22.5 Å². The standard InChI is InChI=1S/C12H10N6O2/c1-17-12-9(11(13)14-6-15-12)10(16-17)7-2-4-8(5-3-7)18(19)20/h2-6H,1H3,(H2,13,14,15). The van der Waals surface area contributed by atoms with Gasteiger partial charge in [0.2, 0.25) is 0 Å². The first-order valence-electron chi connectivity index (χ1n) is 5.76. The minimum absolute atomic E-state index is 0.0261. The molecule has 0 amide bonds. The minimum atomic E-state index is -0.447. The Morgan fingerprint density at radius 3 is 2.60 bits per heavy atom. The van der Waals surface area contributed by atoms with Crippen molar-refractivity contribution in [3.8, 4) is 11.3 Å². The van der Waals surface area contributed by atoms with E-state index in [9.17, 15) is 10.1 Å². The highest BCUT2D eigenvalue weighted by Gasteiger charge is 2.16. The summed E-state index contributed by atoms with van der Waals surface area (Å²) in [5.74, 6) is 0.330. The Balaban J connectivity index is 2.22. The summed E-state index contributed by atoms with van der Waals surface area (Å²) >= 11 is 0. The maximum atomic E-state index is 10.7. The average molecular weight is 270 g/mol. The first-order chi connectivity index (χ1) is 9.58. The molecule has 2 N–H and O–H groups in total. The summed E-state index contributed by atoms with van der Waals surface area (Å²) in [6.45, 7) is 0. The van der Waals surface area contributed by atoms with E-state index in [-0.39, 0.29) is 5.69 Å². The Bertz CT molecular complexity index is 809. The number of nitrogens with two attached hydrogens (primary N) is 1. The molecule has 100 valence electrons. The fraction of sp³-hybridized carbons (Fsp3) is 0.0833. The van der Waals surface area contributed by atoms with Crippen molar-refractivity contribution in [2.75, 3.05) is 5.73 Å². The van der Waals surface area contributed by atoms with Crippen LogP contribution in [0.3, 0.4) is 0 Å². The van der Waals surface area contributed by atoms with Crippen molar-refractivity contribution < 1.29 is 4.92 Å². The van der Waals surface area contributed by atoms with E-state index in [1.165, 1.54) is 18.5 Å². The van der Waals surface area contributed by atoms with Gasteiger partial charge in [0, 0.05) is 24.7 Å². The summed E-state index contributed by atoms with van der Waals surface area (Å²) in [5, 5.41) is 15.7. The highest BCUT2D eigenvalue weighted by molar-refractivity contribution is 5.98. The maximum absolute atomic E-state index is 10.7. The number of hydrogen-bond donors (Lipinski definition) is 1. The van der Waals surface area contributed by atoms with Gasteiger partial charge in [0.25, 0.3) is 5.69 Å². The second-order valence-corrected chi connectivity index (χ2v) is 4.23. The predicted molar refractivity (Wildman–Crippen MR) is 72.8 cm³/mol. The zero-order valence-electron chi connectivity index (χ0n) is 10.5. The number of nitro groups is 1. The number of nitro benzene ring substituents is 1. The largest absolute Gasteiger partial charge is 0.383 e. The molecule has 1 aromatic carbocycles. The number of nitrogens with zero attached hydrogens (tertiary/aromatic N) is 5. The SMILES string of the molecule is Cn1nc(-c2ccc([N+](=O)[O-])cc2)c2c(N)ncnc21. The second kappa shape index (κ2) is 4.26. The van der Waals surface area contributed by atoms with Crippen LogP contribution in [0.5, 0.6) is 0 Å². The van der Waals surface area contributed by atoms with Crippen LogP contribution in [-0.2, 0) is 7.05 Å². The van der Waals surface area contributed by atoms with Gasteiger partial charge in [0.05, 0.1) is 10.3 Å². The third-order valence-corrected chi connectivity index (χ3v) is 3.00. The normalized spacial score (nSPS) is 10.8. The van der Waals surface area contributed by atoms with E-state index in [1.54, 1.807) is 23.9 Å². The number of aromatic nitrogens is 4. The number of benzene rings is 1. The van der Waals surface area contributed by atoms with Crippen molar-refractivity contribution in [3.63, 3.8) is 0 Å². The van der Waals surface area contributed by atoms with Crippen LogP contribution in [0.2, 0.25) is 0 Å². The molecule has 0 aliphatic rings. The molecule has 8 nitrogen and oxygen atoms in total. The second-order valence-electron chi connectivity index (χ2n) is 4.23. The first-order valence-corrected chi connectivity index (χ1v) is 5.76. The first kappa shape index (κ1) is 12.0. The lowest BCUT2D eigenvalue weighted by atomic mass is 10.1. The molecule has 0 aliphatic carbocycles. The zero-order valence-corrected chi connectivity index (χ0v) is 10.5. The number of hydrogen-bond acceptors (Lipinski definition) is 6. The third-order valence-electron chi connectivity index (χ3n) is 3.00. The molecule has 20 heavy (non-hydrogen) atoms. The highest BCUT2D eigenvalue weighted by Crippen LogP contribution is 2.30. The van der Waals surface area contributed by atoms with Gasteiger partial charge in [-0.25, -0.2) is 14.6 Å². The van der Waals surface area contributed by atoms with Crippen LogP contribution in [0.1, 0.15) is 0 Å². The van der Waals surface area contributed by atoms with Gasteiger partial charge in [-0.05, 0) is 12.1 Å². The molecule has 0 unspecified atom stereocenters. The smallest absolute Gasteiger partial charge is 0.269 e. The number of fused-ring (bicyclic) bond motifs is 1. The number of anilines is 1. The number of nitrogen functional groups attached to an aromatic ring is 1. The lowest BCUT2D eigenvalue weighted by molar-refractivity contribution is -0.384. The van der Waals surface area contributed by atoms with Crippen molar-refractivity contribution in [3.05, 3.63) is 40.7 Å². The molecule has 0 bridgehead atoms. The van der Waals surface area contributed by atoms with Gasteiger partial charge in [-0.1, -0.05) is 0 Å². The third kappa shape index (κ3) is 1.74. The van der Waals surface area contributed by atoms with Gasteiger partial charge in [0.15, 0.2) is 5.65 Å². The van der Waals surface area contributed by atoms with Gasteiger partial charge < -0.3 is 5.73 Å². The van der Waals surface area contributed by atoms with Crippen LogP contribution in [0, 0.1) is 10.1 Å². The predicted octanol–water partition coefficient (Wildman–Crippen LogP) is 1.52. The van der Waals surface area contributed by atoms with Crippen molar-refractivity contribution in [1.29, 1.82) is 0 Å². The van der Waals surface area contributed by atoms with Gasteiger partial charge in [-0.15, -0.1) is 0 Å². The van der Waals surface area contributed by atoms with Crippen LogP contribution in [-0.4, -0.2) is 24.7 Å². The quantitative estimate of drug-likeness (QED) is 0.558. The van der Waals surface area contributed by atoms with Crippen molar-refractivity contribution in [2.45, 2.75) is 0 Å². The lowest BCUT2D eigenvalue weighted by Crippen LogP contribution is -1.95. The van der Waals surface area contributed by atoms with Crippen molar-refractivity contribution in [1.82, 2.24) is 19.7 Å². The molecule has 0 spiro atoms. The number of non-ortho nitro benzene ring substituents is 1. The van der Waals surface area contributed by atoms with Gasteiger partial charge in [-0.3, -0.25) is 10.1 Å². The molecule has 3 rings (SSSR count). The van der Waals surface area contributed by atoms with E-state index in [0.29, 0.717) is 22.5 Å². The van der Waals surface area contributed by atoms with Gasteiger partial charge >= 0.3 is 0 Å². The Hall–Kier alpha value is -3.03. The van der Waals surface area contributed by atoms with Crippen LogP contribution in [0.25, 0.3) is 22.3 Å². The van der Waals surface area contributed by atoms with Crippen LogP contribution in [0.15, 0.2) is 30.6 Å². The summed E-state index contributed by atoms with van der Waals surface area (Å²) in [6, 6.07) is 6.12. The molecule has 0 aliphatic heterocycles. The summed E-state index contributed by atoms with van der Waals surface area (Å²) < 4.78 is 1.60. The van der Waals surface area contributed by atoms with Crippen LogP contribution >= 0.6 is 0 Å². The van der Waals surface area contributed by atoms with E-state index in [2.05, 4.69) is 15.1 Å². The van der Waals surface area contributed by atoms with E-state index in [0.717, 1.165) is 5.56 Å². The van der Waals surface area contributed by atoms with Gasteiger partial charge in [0.1, 0.15) is 17.8 Å². The lowest BCUT2D eigenvalue weighted by Gasteiger charge is -1.99. The molecule has 0 radical (unpaired) electrons. The highest BCUT2D eigenvalue weighted by atomic mass is 16.6. The Morgan fingerprint density at radius 2 is 1.95 bits per heavy atom. The summed E-state index contributed by atoms with van der Waals surface area (Å²) in [5.41, 5.74) is 7.85. The molecular formula is C12H10N6O2. The van der Waals surface area contributed by atoms with E-state index >= 15 is 0 Å². The average Bonchev–Trinajstić information content (AvgIpc) is 2.78. The zero-order chi connectivity index (χ0) is 14.3. The van der Waals surface area contributed by atoms with E-state index in [4.69, 9.17) is 5.73 Å². The monoisotopic (exact) mass is 270 g/mol. The van der Waals surface area contributed by atoms with Crippen LogP contribution in [0.4, 0.5) is 11.5 Å². The Morgan fingerprint density at radius 1 is 1.25 bits per heavy atom. The van der Waals surface area contributed by atoms with Crippen LogP contribution < -0.4 is 5.73 Å². The fourth-order valence-electron chi connectivity index (χ4n) is 2.05. The van der Waals surface area contributed by atoms with E-state index < -0.39 is 4.92 Å². The van der Waals surface area contributed by atoms with Gasteiger partial charge in [-0.2, -0.15) is 5.10 Å². The topological polar surface area (TPSA) is 113 Å². The molecular weight excluding hydrogens is 260 g/mol. The number of aryl methyl sites for hydroxylation is 1. The fourth-order valence-corrected chi connectivity index (χ4v) is 2.05. The molecule has 2 heterocycles. The molecule has 3 aromatic rings. The molecule has 0 saturated heterocycles. The maximum Gasteiger partial charge on any atom is 0.269 e. The number of rotatable bonds is 2. The molecule has 0 saturated carbocycles. The van der Waals surface area contributed by atoms with Crippen molar-refractivity contribution in [2.24, 2.45) is 7.05 Å². The minimum Gasteiger partial charge on any atom is -0.383 e. The summed E-state index contributed by atoms with van der Waals surface area (Å²) in [4.78, 5) is 18.3. The molecule has 0 atom stereocenters. The molecule has 0 fully saturated rings.